The van der Waals surface area contributed by atoms with Crippen molar-refractivity contribution in [1.82, 2.24) is 10.2 Å². The van der Waals surface area contributed by atoms with Crippen molar-refractivity contribution in [2.24, 2.45) is 0 Å². The summed E-state index contributed by atoms with van der Waals surface area (Å²) in [7, 11) is -3.81. The molecule has 2 amide bonds. The lowest BCUT2D eigenvalue weighted by atomic mass is 10.1. The van der Waals surface area contributed by atoms with Gasteiger partial charge in [0.25, 0.3) is 0 Å². The van der Waals surface area contributed by atoms with Crippen LogP contribution in [0, 0.1) is 0 Å². The molecule has 214 valence electrons. The molecule has 0 spiro atoms. The fourth-order valence-corrected chi connectivity index (χ4v) is 4.95. The number of rotatable bonds is 14. The molecule has 0 unspecified atom stereocenters. The standard InChI is InChI=1S/C31H39N3O5S/c1-5-24(2)32-31(36)25(3)33(21-20-26-12-8-6-9-13-26)30(35)22-34(40(4,37)38)28-16-18-29(19-17-28)39-23-27-14-10-7-11-15-27/h6-19,24-25H,5,20-23H2,1-4H3,(H,32,36)/t24-,25-/m0/s1. The zero-order valence-electron chi connectivity index (χ0n) is 23.6. The molecule has 9 heteroatoms. The van der Waals surface area contributed by atoms with Gasteiger partial charge in [0, 0.05) is 12.6 Å². The average Bonchev–Trinajstić information content (AvgIpc) is 2.95. The zero-order chi connectivity index (χ0) is 29.1. The van der Waals surface area contributed by atoms with Gasteiger partial charge in [0.15, 0.2) is 0 Å². The second-order valence-corrected chi connectivity index (χ2v) is 11.8. The number of ether oxygens (including phenoxy) is 1. The Morgan fingerprint density at radius 3 is 2.00 bits per heavy atom. The molecule has 0 fully saturated rings. The van der Waals surface area contributed by atoms with E-state index in [0.717, 1.165) is 28.1 Å². The van der Waals surface area contributed by atoms with Gasteiger partial charge in [-0.25, -0.2) is 8.42 Å². The van der Waals surface area contributed by atoms with Gasteiger partial charge in [0.1, 0.15) is 24.9 Å². The maximum Gasteiger partial charge on any atom is 0.244 e. The molecule has 0 aliphatic rings. The van der Waals surface area contributed by atoms with E-state index in [0.29, 0.717) is 24.5 Å². The molecular formula is C31H39N3O5S. The summed E-state index contributed by atoms with van der Waals surface area (Å²) in [5.74, 6) is -0.161. The molecule has 0 aliphatic carbocycles. The van der Waals surface area contributed by atoms with Gasteiger partial charge in [-0.2, -0.15) is 0 Å². The van der Waals surface area contributed by atoms with Gasteiger partial charge in [-0.15, -0.1) is 0 Å². The number of hydrogen-bond acceptors (Lipinski definition) is 5. The van der Waals surface area contributed by atoms with Gasteiger partial charge in [0.05, 0.1) is 11.9 Å². The maximum atomic E-state index is 13.6. The van der Waals surface area contributed by atoms with Crippen molar-refractivity contribution in [1.29, 1.82) is 0 Å². The topological polar surface area (TPSA) is 96.0 Å². The van der Waals surface area contributed by atoms with Gasteiger partial charge in [0.2, 0.25) is 21.8 Å². The van der Waals surface area contributed by atoms with E-state index >= 15 is 0 Å². The van der Waals surface area contributed by atoms with Crippen molar-refractivity contribution >= 4 is 27.5 Å². The Balaban J connectivity index is 1.78. The minimum absolute atomic E-state index is 0.0452. The second kappa shape index (κ2) is 14.5. The summed E-state index contributed by atoms with van der Waals surface area (Å²) in [4.78, 5) is 28.1. The first-order chi connectivity index (χ1) is 19.1. The smallest absolute Gasteiger partial charge is 0.244 e. The molecule has 0 radical (unpaired) electrons. The SMILES string of the molecule is CC[C@H](C)NC(=O)[C@H](C)N(CCc1ccccc1)C(=O)CN(c1ccc(OCc2ccccc2)cc1)S(C)(=O)=O. The number of nitrogens with one attached hydrogen (secondary N) is 1. The molecule has 0 saturated heterocycles. The van der Waals surface area contributed by atoms with Crippen molar-refractivity contribution < 1.29 is 22.7 Å². The number of nitrogens with zero attached hydrogens (tertiary/aromatic N) is 2. The maximum absolute atomic E-state index is 13.6. The van der Waals surface area contributed by atoms with Gasteiger partial charge in [-0.05, 0) is 62.1 Å². The summed E-state index contributed by atoms with van der Waals surface area (Å²) in [6.07, 6.45) is 2.34. The third-order valence-electron chi connectivity index (χ3n) is 6.70. The quantitative estimate of drug-likeness (QED) is 0.313. The van der Waals surface area contributed by atoms with Crippen molar-refractivity contribution in [2.75, 3.05) is 23.7 Å². The van der Waals surface area contributed by atoms with Gasteiger partial charge >= 0.3 is 0 Å². The first-order valence-corrected chi connectivity index (χ1v) is 15.3. The van der Waals surface area contributed by atoms with Crippen molar-refractivity contribution in [3.05, 3.63) is 96.1 Å². The summed E-state index contributed by atoms with van der Waals surface area (Å²) in [6.45, 7) is 5.75. The monoisotopic (exact) mass is 565 g/mol. The third-order valence-corrected chi connectivity index (χ3v) is 7.85. The first-order valence-electron chi connectivity index (χ1n) is 13.5. The predicted octanol–water partition coefficient (Wildman–Crippen LogP) is 4.41. The van der Waals surface area contributed by atoms with Crippen LogP contribution >= 0.6 is 0 Å². The molecule has 8 nitrogen and oxygen atoms in total. The second-order valence-electron chi connectivity index (χ2n) is 9.85. The Morgan fingerprint density at radius 2 is 1.45 bits per heavy atom. The fourth-order valence-electron chi connectivity index (χ4n) is 4.10. The highest BCUT2D eigenvalue weighted by Crippen LogP contribution is 2.23. The lowest BCUT2D eigenvalue weighted by molar-refractivity contribution is -0.139. The van der Waals surface area contributed by atoms with E-state index in [-0.39, 0.29) is 18.5 Å². The normalized spacial score (nSPS) is 12.7. The number of anilines is 1. The van der Waals surface area contributed by atoms with Crippen LogP contribution < -0.4 is 14.4 Å². The Hall–Kier alpha value is -3.85. The first kappa shape index (κ1) is 30.7. The highest BCUT2D eigenvalue weighted by Gasteiger charge is 2.30. The molecule has 0 heterocycles. The molecule has 0 aromatic heterocycles. The average molecular weight is 566 g/mol. The van der Waals surface area contributed by atoms with E-state index in [2.05, 4.69) is 5.32 Å². The van der Waals surface area contributed by atoms with E-state index < -0.39 is 28.5 Å². The molecule has 3 rings (SSSR count). The number of hydrogen-bond donors (Lipinski definition) is 1. The molecule has 2 atom stereocenters. The van der Waals surface area contributed by atoms with Crippen molar-refractivity contribution in [2.45, 2.75) is 52.3 Å². The predicted molar refractivity (Wildman–Crippen MR) is 159 cm³/mol. The van der Waals surface area contributed by atoms with Crippen LogP contribution in [0.15, 0.2) is 84.9 Å². The van der Waals surface area contributed by atoms with Crippen LogP contribution in [0.3, 0.4) is 0 Å². The van der Waals surface area contributed by atoms with E-state index in [9.17, 15) is 18.0 Å². The molecule has 0 saturated carbocycles. The summed E-state index contributed by atoms with van der Waals surface area (Å²) >= 11 is 0. The summed E-state index contributed by atoms with van der Waals surface area (Å²) in [6, 6.07) is 25.1. The third kappa shape index (κ3) is 9.12. The largest absolute Gasteiger partial charge is 0.489 e. The fraction of sp³-hybridized carbons (Fsp3) is 0.355. The Bertz CT molecular complexity index is 1330. The molecule has 3 aromatic carbocycles. The molecule has 0 aliphatic heterocycles. The summed E-state index contributed by atoms with van der Waals surface area (Å²) in [5, 5.41) is 2.93. The summed E-state index contributed by atoms with van der Waals surface area (Å²) < 4.78 is 32.5. The Labute approximate surface area is 238 Å². The molecule has 3 aromatic rings. The molecule has 1 N–H and O–H groups in total. The number of carbonyl (C=O) groups excluding carboxylic acids is 2. The van der Waals surface area contributed by atoms with Gasteiger partial charge in [-0.1, -0.05) is 67.6 Å². The van der Waals surface area contributed by atoms with Crippen LogP contribution in [-0.4, -0.2) is 56.6 Å². The zero-order valence-corrected chi connectivity index (χ0v) is 24.4. The van der Waals surface area contributed by atoms with Gasteiger partial charge in [-0.3, -0.25) is 13.9 Å². The van der Waals surface area contributed by atoms with Crippen LogP contribution in [0.1, 0.15) is 38.3 Å². The Morgan fingerprint density at radius 1 is 0.875 bits per heavy atom. The van der Waals surface area contributed by atoms with Crippen LogP contribution in [0.2, 0.25) is 0 Å². The lowest BCUT2D eigenvalue weighted by Crippen LogP contribution is -2.53. The number of benzene rings is 3. The summed E-state index contributed by atoms with van der Waals surface area (Å²) in [5.41, 5.74) is 2.36. The molecule has 0 bridgehead atoms. The molecule has 40 heavy (non-hydrogen) atoms. The molecular weight excluding hydrogens is 526 g/mol. The van der Waals surface area contributed by atoms with E-state index in [4.69, 9.17) is 4.74 Å². The van der Waals surface area contributed by atoms with Crippen molar-refractivity contribution in [3.63, 3.8) is 0 Å². The van der Waals surface area contributed by atoms with E-state index in [1.165, 1.54) is 4.90 Å². The number of carbonyl (C=O) groups is 2. The highest BCUT2D eigenvalue weighted by molar-refractivity contribution is 7.92. The van der Waals surface area contributed by atoms with Crippen LogP contribution in [0.4, 0.5) is 5.69 Å². The highest BCUT2D eigenvalue weighted by atomic mass is 32.2. The van der Waals surface area contributed by atoms with Crippen LogP contribution in [-0.2, 0) is 32.6 Å². The van der Waals surface area contributed by atoms with Gasteiger partial charge < -0.3 is 15.0 Å². The number of sulfonamides is 1. The van der Waals surface area contributed by atoms with Crippen LogP contribution in [0.5, 0.6) is 5.75 Å². The van der Waals surface area contributed by atoms with E-state index in [1.54, 1.807) is 31.2 Å². The minimum atomic E-state index is -3.81. The lowest BCUT2D eigenvalue weighted by Gasteiger charge is -2.32. The number of amides is 2. The Kier molecular flexibility index (Phi) is 11.1. The minimum Gasteiger partial charge on any atom is -0.489 e. The van der Waals surface area contributed by atoms with E-state index in [1.807, 2.05) is 74.5 Å². The van der Waals surface area contributed by atoms with Crippen LogP contribution in [0.25, 0.3) is 0 Å². The van der Waals surface area contributed by atoms with Crippen molar-refractivity contribution in [3.8, 4) is 5.75 Å².